The fourth-order valence-electron chi connectivity index (χ4n) is 1.75. The molecule has 0 fully saturated rings. The Bertz CT molecular complexity index is 701. The van der Waals surface area contributed by atoms with Gasteiger partial charge in [0.15, 0.2) is 0 Å². The maximum Gasteiger partial charge on any atom is 0.246 e. The molecule has 0 amide bonds. The quantitative estimate of drug-likeness (QED) is 0.840. The van der Waals surface area contributed by atoms with E-state index in [9.17, 15) is 12.8 Å². The predicted molar refractivity (Wildman–Crippen MR) is 79.2 cm³/mol. The molecule has 2 aromatic carbocycles. The molecule has 0 bridgehead atoms. The molecular weight excluding hydrogens is 345 g/mol. The highest BCUT2D eigenvalue weighted by atomic mass is 79.9. The largest absolute Gasteiger partial charge is 0.246 e. The highest BCUT2D eigenvalue weighted by Gasteiger charge is 2.23. The second kappa shape index (κ2) is 6.03. The summed E-state index contributed by atoms with van der Waals surface area (Å²) in [6.07, 6.45) is 0. The van der Waals surface area contributed by atoms with Crippen LogP contribution in [0.1, 0.15) is 5.56 Å². The molecule has 0 saturated heterocycles. The molecule has 0 N–H and O–H groups in total. The number of hydrogen-bond donors (Lipinski definition) is 0. The molecule has 0 unspecified atom stereocenters. The molecule has 0 aliphatic rings. The first kappa shape index (κ1) is 15.2. The Morgan fingerprint density at radius 3 is 2.30 bits per heavy atom. The molecule has 2 aromatic rings. The van der Waals surface area contributed by atoms with E-state index in [-0.39, 0.29) is 11.4 Å². The van der Waals surface area contributed by atoms with Gasteiger partial charge in [-0.1, -0.05) is 40.2 Å². The minimum atomic E-state index is -3.83. The maximum absolute atomic E-state index is 13.6. The summed E-state index contributed by atoms with van der Waals surface area (Å²) >= 11 is 3.32. The molecular formula is C14H13BrFNO2S. The lowest BCUT2D eigenvalue weighted by Crippen LogP contribution is -2.27. The van der Waals surface area contributed by atoms with Crippen molar-refractivity contribution in [3.05, 3.63) is 64.4 Å². The number of rotatable bonds is 4. The minimum absolute atomic E-state index is 0.184. The van der Waals surface area contributed by atoms with Gasteiger partial charge >= 0.3 is 0 Å². The smallest absolute Gasteiger partial charge is 0.207 e. The van der Waals surface area contributed by atoms with Crippen LogP contribution in [0.25, 0.3) is 0 Å². The van der Waals surface area contributed by atoms with Crippen LogP contribution in [-0.4, -0.2) is 19.8 Å². The molecule has 0 atom stereocenters. The lowest BCUT2D eigenvalue weighted by Gasteiger charge is -2.17. The zero-order chi connectivity index (χ0) is 14.8. The van der Waals surface area contributed by atoms with E-state index in [0.717, 1.165) is 20.4 Å². The van der Waals surface area contributed by atoms with E-state index in [1.165, 1.54) is 25.2 Å². The molecule has 0 heterocycles. The molecule has 3 nitrogen and oxygen atoms in total. The van der Waals surface area contributed by atoms with E-state index in [1.807, 2.05) is 24.3 Å². The summed E-state index contributed by atoms with van der Waals surface area (Å²) < 4.78 is 40.3. The van der Waals surface area contributed by atoms with Crippen LogP contribution in [0.15, 0.2) is 57.9 Å². The average Bonchev–Trinajstić information content (AvgIpc) is 2.41. The number of nitrogens with zero attached hydrogens (tertiary/aromatic N) is 1. The van der Waals surface area contributed by atoms with Crippen LogP contribution in [0.3, 0.4) is 0 Å². The van der Waals surface area contributed by atoms with Crippen LogP contribution in [0.2, 0.25) is 0 Å². The number of halogens is 2. The molecule has 6 heteroatoms. The van der Waals surface area contributed by atoms with Crippen LogP contribution in [0.5, 0.6) is 0 Å². The zero-order valence-corrected chi connectivity index (χ0v) is 13.2. The third-order valence-corrected chi connectivity index (χ3v) is 5.21. The monoisotopic (exact) mass is 357 g/mol. The van der Waals surface area contributed by atoms with E-state index >= 15 is 0 Å². The lowest BCUT2D eigenvalue weighted by atomic mass is 10.2. The second-order valence-electron chi connectivity index (χ2n) is 4.32. The van der Waals surface area contributed by atoms with Crippen LogP contribution in [-0.2, 0) is 16.6 Å². The summed E-state index contributed by atoms with van der Waals surface area (Å²) in [7, 11) is -2.40. The van der Waals surface area contributed by atoms with Crippen molar-refractivity contribution in [1.29, 1.82) is 0 Å². The molecule has 0 spiro atoms. The first-order valence-corrected chi connectivity index (χ1v) is 8.10. The molecule has 2 rings (SSSR count). The molecule has 0 saturated carbocycles. The Balaban J connectivity index is 2.26. The molecule has 106 valence electrons. The Labute approximate surface area is 126 Å². The van der Waals surface area contributed by atoms with Crippen LogP contribution >= 0.6 is 15.9 Å². The highest BCUT2D eigenvalue weighted by Crippen LogP contribution is 2.20. The Morgan fingerprint density at radius 2 is 1.70 bits per heavy atom. The second-order valence-corrected chi connectivity index (χ2v) is 7.25. The van der Waals surface area contributed by atoms with E-state index in [1.54, 1.807) is 0 Å². The highest BCUT2D eigenvalue weighted by molar-refractivity contribution is 9.10. The first-order valence-electron chi connectivity index (χ1n) is 5.86. The summed E-state index contributed by atoms with van der Waals surface area (Å²) in [5, 5.41) is 0. The van der Waals surface area contributed by atoms with Gasteiger partial charge in [0.1, 0.15) is 10.7 Å². The van der Waals surface area contributed by atoms with Crippen molar-refractivity contribution in [2.24, 2.45) is 0 Å². The molecule has 0 radical (unpaired) electrons. The van der Waals surface area contributed by atoms with Gasteiger partial charge in [-0.25, -0.2) is 12.8 Å². The third-order valence-electron chi connectivity index (χ3n) is 2.84. The third kappa shape index (κ3) is 3.26. The first-order chi connectivity index (χ1) is 9.41. The number of hydrogen-bond acceptors (Lipinski definition) is 2. The van der Waals surface area contributed by atoms with Gasteiger partial charge in [-0.15, -0.1) is 0 Å². The van der Waals surface area contributed by atoms with Gasteiger partial charge in [0.05, 0.1) is 0 Å². The van der Waals surface area contributed by atoms with Crippen molar-refractivity contribution < 1.29 is 12.8 Å². The van der Waals surface area contributed by atoms with Crippen molar-refractivity contribution in [3.8, 4) is 0 Å². The summed E-state index contributed by atoms with van der Waals surface area (Å²) in [4.78, 5) is -0.306. The van der Waals surface area contributed by atoms with Gasteiger partial charge in [-0.05, 0) is 29.8 Å². The molecule has 20 heavy (non-hydrogen) atoms. The Hall–Kier alpha value is -1.24. The molecule has 0 aliphatic carbocycles. The topological polar surface area (TPSA) is 37.4 Å². The standard InChI is InChI=1S/C14H13BrFNO2S/c1-17(10-11-6-8-12(15)9-7-11)20(18,19)14-5-3-2-4-13(14)16/h2-9H,10H2,1H3. The minimum Gasteiger partial charge on any atom is -0.207 e. The Kier molecular flexibility index (Phi) is 4.57. The van der Waals surface area contributed by atoms with Crippen molar-refractivity contribution in [2.75, 3.05) is 7.05 Å². The van der Waals surface area contributed by atoms with Crippen LogP contribution < -0.4 is 0 Å². The SMILES string of the molecule is CN(Cc1ccc(Br)cc1)S(=O)(=O)c1ccccc1F. The fraction of sp³-hybridized carbons (Fsp3) is 0.143. The van der Waals surface area contributed by atoms with E-state index < -0.39 is 15.8 Å². The Morgan fingerprint density at radius 1 is 1.10 bits per heavy atom. The van der Waals surface area contributed by atoms with Crippen LogP contribution in [0.4, 0.5) is 4.39 Å². The summed E-state index contributed by atoms with van der Waals surface area (Å²) in [5.74, 6) is -0.741. The summed E-state index contributed by atoms with van der Waals surface area (Å²) in [6, 6.07) is 12.7. The van der Waals surface area contributed by atoms with Crippen molar-refractivity contribution in [3.63, 3.8) is 0 Å². The fourth-order valence-corrected chi connectivity index (χ4v) is 3.24. The maximum atomic E-state index is 13.6. The van der Waals surface area contributed by atoms with Gasteiger partial charge < -0.3 is 0 Å². The normalized spacial score (nSPS) is 11.8. The van der Waals surface area contributed by atoms with Gasteiger partial charge in [-0.3, -0.25) is 0 Å². The lowest BCUT2D eigenvalue weighted by molar-refractivity contribution is 0.460. The number of sulfonamides is 1. The molecule has 0 aromatic heterocycles. The van der Waals surface area contributed by atoms with E-state index in [0.29, 0.717) is 0 Å². The predicted octanol–water partition coefficient (Wildman–Crippen LogP) is 3.41. The van der Waals surface area contributed by atoms with Gasteiger partial charge in [0.25, 0.3) is 0 Å². The van der Waals surface area contributed by atoms with Crippen molar-refractivity contribution in [2.45, 2.75) is 11.4 Å². The van der Waals surface area contributed by atoms with Gasteiger partial charge in [0.2, 0.25) is 10.0 Å². The van der Waals surface area contributed by atoms with Crippen molar-refractivity contribution in [1.82, 2.24) is 4.31 Å². The van der Waals surface area contributed by atoms with E-state index in [2.05, 4.69) is 15.9 Å². The molecule has 0 aliphatic heterocycles. The van der Waals surface area contributed by atoms with Gasteiger partial charge in [-0.2, -0.15) is 4.31 Å². The number of benzene rings is 2. The van der Waals surface area contributed by atoms with Crippen molar-refractivity contribution >= 4 is 26.0 Å². The zero-order valence-electron chi connectivity index (χ0n) is 10.8. The summed E-state index contributed by atoms with van der Waals surface area (Å²) in [6.45, 7) is 0.184. The van der Waals surface area contributed by atoms with Crippen LogP contribution in [0, 0.1) is 5.82 Å². The summed E-state index contributed by atoms with van der Waals surface area (Å²) in [5.41, 5.74) is 0.829. The van der Waals surface area contributed by atoms with E-state index in [4.69, 9.17) is 0 Å². The average molecular weight is 358 g/mol. The van der Waals surface area contributed by atoms with Gasteiger partial charge in [0, 0.05) is 18.1 Å².